The van der Waals surface area contributed by atoms with Gasteiger partial charge in [0.2, 0.25) is 5.75 Å². The quantitative estimate of drug-likeness (QED) is 0.593. The van der Waals surface area contributed by atoms with Gasteiger partial charge >= 0.3 is 0 Å². The summed E-state index contributed by atoms with van der Waals surface area (Å²) in [6.07, 6.45) is 0.751. The predicted molar refractivity (Wildman–Crippen MR) is 120 cm³/mol. The number of pyridine rings is 1. The fourth-order valence-corrected chi connectivity index (χ4v) is 3.60. The molecule has 0 aliphatic heterocycles. The van der Waals surface area contributed by atoms with E-state index in [2.05, 4.69) is 4.98 Å². The highest BCUT2D eigenvalue weighted by atomic mass is 16.5. The fraction of sp³-hybridized carbons (Fsp3) is 0.333. The smallest absolute Gasteiger partial charge is 0.254 e. The third-order valence-electron chi connectivity index (χ3n) is 5.13. The van der Waals surface area contributed by atoms with Crippen molar-refractivity contribution < 1.29 is 19.0 Å². The van der Waals surface area contributed by atoms with Crippen LogP contribution in [0.5, 0.6) is 17.2 Å². The third-order valence-corrected chi connectivity index (χ3v) is 5.13. The highest BCUT2D eigenvalue weighted by Crippen LogP contribution is 2.38. The number of methoxy groups -OCH3 is 3. The highest BCUT2D eigenvalue weighted by molar-refractivity contribution is 5.95. The van der Waals surface area contributed by atoms with E-state index >= 15 is 0 Å². The monoisotopic (exact) mass is 424 g/mol. The molecule has 2 aromatic carbocycles. The molecule has 0 saturated carbocycles. The zero-order chi connectivity index (χ0) is 22.5. The largest absolute Gasteiger partial charge is 0.493 e. The summed E-state index contributed by atoms with van der Waals surface area (Å²) in [5, 5.41) is 0.936. The van der Waals surface area contributed by atoms with Crippen LogP contribution in [0.1, 0.15) is 34.8 Å². The molecule has 0 spiro atoms. The lowest BCUT2D eigenvalue weighted by molar-refractivity contribution is 0.0741. The molecule has 1 amide bonds. The second-order valence-electron chi connectivity index (χ2n) is 7.36. The average Bonchev–Trinajstić information content (AvgIpc) is 2.77. The van der Waals surface area contributed by atoms with Crippen molar-refractivity contribution in [2.24, 2.45) is 0 Å². The second kappa shape index (κ2) is 9.55. The molecular formula is C24H28N2O5. The molecule has 164 valence electrons. The van der Waals surface area contributed by atoms with Crippen LogP contribution in [0.25, 0.3) is 10.9 Å². The number of nitrogens with zero attached hydrogens (tertiary/aromatic N) is 1. The van der Waals surface area contributed by atoms with Gasteiger partial charge in [0.05, 0.1) is 27.9 Å². The summed E-state index contributed by atoms with van der Waals surface area (Å²) in [7, 11) is 4.52. The molecule has 0 unspecified atom stereocenters. The summed E-state index contributed by atoms with van der Waals surface area (Å²) in [5.41, 5.74) is 2.61. The normalized spacial score (nSPS) is 10.7. The lowest BCUT2D eigenvalue weighted by Crippen LogP contribution is -2.33. The van der Waals surface area contributed by atoms with Crippen LogP contribution in [0.3, 0.4) is 0 Å². The zero-order valence-corrected chi connectivity index (χ0v) is 18.6. The van der Waals surface area contributed by atoms with Crippen molar-refractivity contribution in [1.29, 1.82) is 0 Å². The maximum atomic E-state index is 13.4. The van der Waals surface area contributed by atoms with Crippen LogP contribution in [-0.4, -0.2) is 43.7 Å². The number of hydrogen-bond acceptors (Lipinski definition) is 5. The topological polar surface area (TPSA) is 80.9 Å². The van der Waals surface area contributed by atoms with Gasteiger partial charge in [0.25, 0.3) is 11.5 Å². The maximum Gasteiger partial charge on any atom is 0.254 e. The van der Waals surface area contributed by atoms with Crippen molar-refractivity contribution in [3.63, 3.8) is 0 Å². The van der Waals surface area contributed by atoms with Crippen molar-refractivity contribution >= 4 is 16.8 Å². The molecule has 0 fully saturated rings. The SMILES string of the molecule is CCCN(Cc1cc2cc(C)ccc2[nH]c1=O)C(=O)c1cc(OC)c(OC)c(OC)c1. The number of nitrogens with one attached hydrogen (secondary N) is 1. The van der Waals surface area contributed by atoms with Gasteiger partial charge in [-0.3, -0.25) is 9.59 Å². The van der Waals surface area contributed by atoms with Gasteiger partial charge in [-0.05, 0) is 49.1 Å². The highest BCUT2D eigenvalue weighted by Gasteiger charge is 2.22. The Balaban J connectivity index is 1.99. The summed E-state index contributed by atoms with van der Waals surface area (Å²) in [5.74, 6) is 1.01. The molecule has 0 aliphatic carbocycles. The maximum absolute atomic E-state index is 13.4. The lowest BCUT2D eigenvalue weighted by Gasteiger charge is -2.23. The lowest BCUT2D eigenvalue weighted by atomic mass is 10.1. The molecule has 1 heterocycles. The van der Waals surface area contributed by atoms with E-state index in [-0.39, 0.29) is 18.0 Å². The van der Waals surface area contributed by atoms with E-state index in [4.69, 9.17) is 14.2 Å². The number of carbonyl (C=O) groups is 1. The van der Waals surface area contributed by atoms with E-state index in [0.29, 0.717) is 34.9 Å². The van der Waals surface area contributed by atoms with Crippen molar-refractivity contribution in [3.8, 4) is 17.2 Å². The predicted octanol–water partition coefficient (Wildman–Crippen LogP) is 3.91. The molecule has 3 rings (SSSR count). The van der Waals surface area contributed by atoms with E-state index in [1.54, 1.807) is 17.0 Å². The minimum Gasteiger partial charge on any atom is -0.493 e. The van der Waals surface area contributed by atoms with Crippen molar-refractivity contribution in [3.05, 3.63) is 63.4 Å². The van der Waals surface area contributed by atoms with Gasteiger partial charge in [0, 0.05) is 23.2 Å². The second-order valence-corrected chi connectivity index (χ2v) is 7.36. The molecule has 0 aliphatic rings. The molecule has 0 atom stereocenters. The van der Waals surface area contributed by atoms with Gasteiger partial charge in [-0.15, -0.1) is 0 Å². The van der Waals surface area contributed by atoms with Gasteiger partial charge in [-0.25, -0.2) is 0 Å². The van der Waals surface area contributed by atoms with E-state index in [1.807, 2.05) is 38.1 Å². The van der Waals surface area contributed by atoms with Crippen LogP contribution in [0.4, 0.5) is 0 Å². The van der Waals surface area contributed by atoms with Gasteiger partial charge < -0.3 is 24.1 Å². The van der Waals surface area contributed by atoms with Crippen LogP contribution in [0.15, 0.2) is 41.2 Å². The number of H-pyrrole nitrogens is 1. The van der Waals surface area contributed by atoms with Crippen LogP contribution < -0.4 is 19.8 Å². The molecule has 3 aromatic rings. The van der Waals surface area contributed by atoms with Crippen LogP contribution in [-0.2, 0) is 6.54 Å². The molecular weight excluding hydrogens is 396 g/mol. The van der Waals surface area contributed by atoms with Gasteiger partial charge in [-0.2, -0.15) is 0 Å². The number of carbonyl (C=O) groups excluding carboxylic acids is 1. The number of rotatable bonds is 8. The number of aryl methyl sites for hydroxylation is 1. The van der Waals surface area contributed by atoms with Crippen LogP contribution in [0.2, 0.25) is 0 Å². The Labute approximate surface area is 181 Å². The van der Waals surface area contributed by atoms with Crippen LogP contribution >= 0.6 is 0 Å². The zero-order valence-electron chi connectivity index (χ0n) is 18.6. The number of aromatic amines is 1. The minimum absolute atomic E-state index is 0.197. The Bertz CT molecular complexity index is 1130. The van der Waals surface area contributed by atoms with E-state index in [9.17, 15) is 9.59 Å². The number of amides is 1. The first kappa shape index (κ1) is 22.2. The summed E-state index contributed by atoms with van der Waals surface area (Å²) < 4.78 is 16.1. The molecule has 0 radical (unpaired) electrons. The molecule has 1 aromatic heterocycles. The first-order valence-corrected chi connectivity index (χ1v) is 10.1. The Kier molecular flexibility index (Phi) is 6.84. The first-order valence-electron chi connectivity index (χ1n) is 10.1. The van der Waals surface area contributed by atoms with Crippen molar-refractivity contribution in [2.75, 3.05) is 27.9 Å². The van der Waals surface area contributed by atoms with E-state index < -0.39 is 0 Å². The number of benzene rings is 2. The molecule has 0 bridgehead atoms. The number of ether oxygens (including phenoxy) is 3. The Morgan fingerprint density at radius 3 is 2.26 bits per heavy atom. The van der Waals surface area contributed by atoms with Gasteiger partial charge in [-0.1, -0.05) is 18.6 Å². The summed E-state index contributed by atoms with van der Waals surface area (Å²) in [6, 6.07) is 11.0. The Morgan fingerprint density at radius 2 is 1.68 bits per heavy atom. The minimum atomic E-state index is -0.218. The first-order chi connectivity index (χ1) is 14.9. The summed E-state index contributed by atoms with van der Waals surface area (Å²) in [6.45, 7) is 4.69. The standard InChI is InChI=1S/C24H28N2O5/c1-6-9-26(14-18-11-16-10-15(2)7-8-19(16)25-23(18)27)24(28)17-12-20(29-3)22(31-5)21(13-17)30-4/h7-8,10-13H,6,9,14H2,1-5H3,(H,25,27). The Hall–Kier alpha value is -3.48. The molecule has 1 N–H and O–H groups in total. The van der Waals surface area contributed by atoms with Gasteiger partial charge in [0.1, 0.15) is 0 Å². The average molecular weight is 424 g/mol. The Morgan fingerprint density at radius 1 is 1.00 bits per heavy atom. The number of hydrogen-bond donors (Lipinski definition) is 1. The van der Waals surface area contributed by atoms with Crippen LogP contribution in [0, 0.1) is 6.92 Å². The van der Waals surface area contributed by atoms with Crippen molar-refractivity contribution in [1.82, 2.24) is 9.88 Å². The number of aromatic nitrogens is 1. The van der Waals surface area contributed by atoms with Crippen molar-refractivity contribution in [2.45, 2.75) is 26.8 Å². The molecule has 0 saturated heterocycles. The van der Waals surface area contributed by atoms with E-state index in [1.165, 1.54) is 21.3 Å². The van der Waals surface area contributed by atoms with E-state index in [0.717, 1.165) is 22.9 Å². The molecule has 7 heteroatoms. The van der Waals surface area contributed by atoms with Gasteiger partial charge in [0.15, 0.2) is 11.5 Å². The summed E-state index contributed by atoms with van der Waals surface area (Å²) in [4.78, 5) is 30.6. The number of fused-ring (bicyclic) bond motifs is 1. The third kappa shape index (κ3) is 4.66. The fourth-order valence-electron chi connectivity index (χ4n) is 3.60. The summed E-state index contributed by atoms with van der Waals surface area (Å²) >= 11 is 0. The molecule has 31 heavy (non-hydrogen) atoms. The molecule has 7 nitrogen and oxygen atoms in total.